The molecule has 0 aliphatic carbocycles. The van der Waals surface area contributed by atoms with Crippen molar-refractivity contribution in [3.8, 4) is 0 Å². The second kappa shape index (κ2) is 9.01. The molecule has 0 spiro atoms. The van der Waals surface area contributed by atoms with Crippen molar-refractivity contribution in [2.75, 3.05) is 26.3 Å². The minimum absolute atomic E-state index is 0.0524. The number of amides is 1. The van der Waals surface area contributed by atoms with Gasteiger partial charge in [0.1, 0.15) is 11.4 Å². The maximum absolute atomic E-state index is 13.1. The van der Waals surface area contributed by atoms with Gasteiger partial charge in [-0.1, -0.05) is 36.4 Å². The number of ether oxygens (including phenoxy) is 1. The molecule has 1 fully saturated rings. The smallest absolute Gasteiger partial charge is 0.246 e. The van der Waals surface area contributed by atoms with Gasteiger partial charge in [-0.3, -0.25) is 9.48 Å². The van der Waals surface area contributed by atoms with E-state index in [-0.39, 0.29) is 23.4 Å². The lowest BCUT2D eigenvalue weighted by molar-refractivity contribution is -0.122. The Labute approximate surface area is 188 Å². The number of nitrogens with one attached hydrogen (secondary N) is 1. The highest BCUT2D eigenvalue weighted by Crippen LogP contribution is 2.24. The number of hydrogen-bond donors (Lipinski definition) is 1. The second-order valence-electron chi connectivity index (χ2n) is 8.07. The van der Waals surface area contributed by atoms with E-state index in [1.54, 1.807) is 13.8 Å². The molecule has 1 N–H and O–H groups in total. The number of nitrogens with zero attached hydrogens (tertiary/aromatic N) is 3. The Morgan fingerprint density at radius 1 is 1.12 bits per heavy atom. The van der Waals surface area contributed by atoms with Gasteiger partial charge in [0.05, 0.1) is 30.6 Å². The van der Waals surface area contributed by atoms with Crippen LogP contribution in [0.1, 0.15) is 29.9 Å². The lowest BCUT2D eigenvalue weighted by atomic mass is 10.0. The van der Waals surface area contributed by atoms with Crippen molar-refractivity contribution < 1.29 is 17.9 Å². The maximum Gasteiger partial charge on any atom is 0.246 e. The van der Waals surface area contributed by atoms with Crippen LogP contribution in [0.5, 0.6) is 0 Å². The van der Waals surface area contributed by atoms with Gasteiger partial charge in [0.25, 0.3) is 0 Å². The van der Waals surface area contributed by atoms with E-state index in [1.807, 2.05) is 43.3 Å². The van der Waals surface area contributed by atoms with Crippen LogP contribution >= 0.6 is 0 Å². The molecule has 2 heterocycles. The van der Waals surface area contributed by atoms with Crippen molar-refractivity contribution in [3.63, 3.8) is 0 Å². The number of hydrogen-bond acceptors (Lipinski definition) is 5. The zero-order chi connectivity index (χ0) is 22.9. The number of rotatable bonds is 6. The van der Waals surface area contributed by atoms with E-state index in [9.17, 15) is 13.2 Å². The van der Waals surface area contributed by atoms with Crippen LogP contribution in [-0.4, -0.2) is 54.7 Å². The van der Waals surface area contributed by atoms with E-state index in [1.165, 1.54) is 8.99 Å². The van der Waals surface area contributed by atoms with E-state index < -0.39 is 10.0 Å². The molecule has 170 valence electrons. The van der Waals surface area contributed by atoms with Crippen LogP contribution in [0.15, 0.2) is 47.4 Å². The molecule has 1 amide bonds. The number of carbonyl (C=O) groups excluding carboxylic acids is 1. The molecule has 1 aliphatic heterocycles. The van der Waals surface area contributed by atoms with Gasteiger partial charge in [0.2, 0.25) is 15.9 Å². The Balaban J connectivity index is 1.49. The molecular weight excluding hydrogens is 428 g/mol. The molecule has 2 aromatic carbocycles. The average molecular weight is 457 g/mol. The Bertz CT molecular complexity index is 1250. The van der Waals surface area contributed by atoms with Crippen LogP contribution in [0.25, 0.3) is 10.8 Å². The number of benzene rings is 2. The Morgan fingerprint density at radius 2 is 1.81 bits per heavy atom. The molecule has 1 aromatic heterocycles. The first-order chi connectivity index (χ1) is 15.3. The summed E-state index contributed by atoms with van der Waals surface area (Å²) < 4.78 is 34.4. The van der Waals surface area contributed by atoms with Gasteiger partial charge in [-0.25, -0.2) is 8.42 Å². The van der Waals surface area contributed by atoms with Crippen LogP contribution in [0.4, 0.5) is 0 Å². The quantitative estimate of drug-likeness (QED) is 0.615. The highest BCUT2D eigenvalue weighted by Gasteiger charge is 2.32. The van der Waals surface area contributed by atoms with Crippen LogP contribution in [0, 0.1) is 13.8 Å². The number of morpholine rings is 1. The number of sulfonamides is 1. The Hall–Kier alpha value is -2.75. The lowest BCUT2D eigenvalue weighted by Gasteiger charge is -2.26. The summed E-state index contributed by atoms with van der Waals surface area (Å²) >= 11 is 0. The molecule has 1 atom stereocenters. The molecule has 0 saturated carbocycles. The monoisotopic (exact) mass is 456 g/mol. The van der Waals surface area contributed by atoms with Crippen LogP contribution in [-0.2, 0) is 26.1 Å². The molecule has 1 saturated heterocycles. The first-order valence-electron chi connectivity index (χ1n) is 10.7. The summed E-state index contributed by atoms with van der Waals surface area (Å²) in [6, 6.07) is 14.0. The third kappa shape index (κ3) is 4.41. The van der Waals surface area contributed by atoms with Crippen molar-refractivity contribution in [2.45, 2.75) is 38.3 Å². The minimum Gasteiger partial charge on any atom is -0.379 e. The van der Waals surface area contributed by atoms with Crippen molar-refractivity contribution >= 4 is 26.7 Å². The third-order valence-corrected chi connectivity index (χ3v) is 7.98. The summed E-state index contributed by atoms with van der Waals surface area (Å²) in [5, 5.41) is 9.60. The first kappa shape index (κ1) is 22.4. The van der Waals surface area contributed by atoms with Crippen molar-refractivity contribution in [1.82, 2.24) is 19.4 Å². The van der Waals surface area contributed by atoms with Crippen molar-refractivity contribution in [1.29, 1.82) is 0 Å². The highest BCUT2D eigenvalue weighted by atomic mass is 32.2. The number of aromatic nitrogens is 2. The fourth-order valence-electron chi connectivity index (χ4n) is 4.11. The van der Waals surface area contributed by atoms with Crippen molar-refractivity contribution in [3.05, 3.63) is 59.4 Å². The maximum atomic E-state index is 13.1. The molecule has 9 heteroatoms. The van der Waals surface area contributed by atoms with E-state index >= 15 is 0 Å². The van der Waals surface area contributed by atoms with Gasteiger partial charge in [0.15, 0.2) is 0 Å². The number of aryl methyl sites for hydroxylation is 1. The summed E-state index contributed by atoms with van der Waals surface area (Å²) in [7, 11) is -3.69. The SMILES string of the molecule is Cc1nn(CC(=O)NC(C)c2ccc3ccccc3c2)c(C)c1S(=O)(=O)N1CCOCC1. The topological polar surface area (TPSA) is 93.5 Å². The average Bonchev–Trinajstić information content (AvgIpc) is 3.07. The molecule has 4 rings (SSSR count). The summed E-state index contributed by atoms with van der Waals surface area (Å²) in [6.07, 6.45) is 0. The van der Waals surface area contributed by atoms with Gasteiger partial charge in [-0.2, -0.15) is 9.40 Å². The standard InChI is InChI=1S/C23H28N4O4S/c1-16(20-9-8-19-6-4-5-7-21(19)14-20)24-22(28)15-27-18(3)23(17(2)25-27)32(29,30)26-10-12-31-13-11-26/h4-9,14,16H,10-13,15H2,1-3H3,(H,24,28). The summed E-state index contributed by atoms with van der Waals surface area (Å²) in [5.74, 6) is -0.230. The van der Waals surface area contributed by atoms with Gasteiger partial charge in [0, 0.05) is 13.1 Å². The molecular formula is C23H28N4O4S. The lowest BCUT2D eigenvalue weighted by Crippen LogP contribution is -2.41. The zero-order valence-corrected chi connectivity index (χ0v) is 19.4. The predicted octanol–water partition coefficient (Wildman–Crippen LogP) is 2.55. The highest BCUT2D eigenvalue weighted by molar-refractivity contribution is 7.89. The van der Waals surface area contributed by atoms with E-state index in [4.69, 9.17) is 4.74 Å². The largest absolute Gasteiger partial charge is 0.379 e. The van der Waals surface area contributed by atoms with Gasteiger partial charge < -0.3 is 10.1 Å². The van der Waals surface area contributed by atoms with Gasteiger partial charge in [-0.15, -0.1) is 0 Å². The second-order valence-corrected chi connectivity index (χ2v) is 9.94. The minimum atomic E-state index is -3.69. The molecule has 0 bridgehead atoms. The fourth-order valence-corrected chi connectivity index (χ4v) is 5.89. The molecule has 1 unspecified atom stereocenters. The Kier molecular flexibility index (Phi) is 6.32. The summed E-state index contributed by atoms with van der Waals surface area (Å²) in [5.41, 5.74) is 1.85. The number of carbonyl (C=O) groups is 1. The van der Waals surface area contributed by atoms with Crippen LogP contribution in [0.3, 0.4) is 0 Å². The van der Waals surface area contributed by atoms with E-state index in [2.05, 4.69) is 16.5 Å². The van der Waals surface area contributed by atoms with Gasteiger partial charge >= 0.3 is 0 Å². The third-order valence-electron chi connectivity index (χ3n) is 5.83. The van der Waals surface area contributed by atoms with Crippen LogP contribution < -0.4 is 5.32 Å². The molecule has 8 nitrogen and oxygen atoms in total. The fraction of sp³-hybridized carbons (Fsp3) is 0.391. The summed E-state index contributed by atoms with van der Waals surface area (Å²) in [4.78, 5) is 12.9. The number of fused-ring (bicyclic) bond motifs is 1. The summed E-state index contributed by atoms with van der Waals surface area (Å²) in [6.45, 7) is 6.61. The zero-order valence-electron chi connectivity index (χ0n) is 18.5. The molecule has 0 radical (unpaired) electrons. The Morgan fingerprint density at radius 3 is 2.53 bits per heavy atom. The normalized spacial score (nSPS) is 16.2. The predicted molar refractivity (Wildman–Crippen MR) is 122 cm³/mol. The first-order valence-corrected chi connectivity index (χ1v) is 12.1. The van der Waals surface area contributed by atoms with E-state index in [0.29, 0.717) is 37.7 Å². The van der Waals surface area contributed by atoms with Gasteiger partial charge in [-0.05, 0) is 43.2 Å². The molecule has 32 heavy (non-hydrogen) atoms. The molecule has 1 aliphatic rings. The van der Waals surface area contributed by atoms with E-state index in [0.717, 1.165) is 16.3 Å². The van der Waals surface area contributed by atoms with Crippen molar-refractivity contribution in [2.24, 2.45) is 0 Å². The molecule has 3 aromatic rings. The van der Waals surface area contributed by atoms with Crippen LogP contribution in [0.2, 0.25) is 0 Å².